The molecule has 0 radical (unpaired) electrons. The Bertz CT molecular complexity index is 965. The van der Waals surface area contributed by atoms with Crippen molar-refractivity contribution < 1.29 is 14.4 Å². The Labute approximate surface area is 153 Å². The second-order valence-electron chi connectivity index (χ2n) is 6.82. The summed E-state index contributed by atoms with van der Waals surface area (Å²) in [6.07, 6.45) is 5.28. The number of thiazole rings is 1. The lowest BCUT2D eigenvalue weighted by atomic mass is 9.85. The molecule has 0 unspecified atom stereocenters. The van der Waals surface area contributed by atoms with Crippen LogP contribution in [-0.4, -0.2) is 43.1 Å². The van der Waals surface area contributed by atoms with Crippen molar-refractivity contribution in [2.24, 2.45) is 5.92 Å². The highest BCUT2D eigenvalue weighted by molar-refractivity contribution is 7.15. The van der Waals surface area contributed by atoms with E-state index < -0.39 is 17.8 Å². The maximum absolute atomic E-state index is 12.8. The van der Waals surface area contributed by atoms with Crippen LogP contribution < -0.4 is 5.56 Å². The molecule has 2 fully saturated rings. The van der Waals surface area contributed by atoms with Crippen LogP contribution in [0.15, 0.2) is 22.4 Å². The van der Waals surface area contributed by atoms with Crippen LogP contribution in [0.5, 0.6) is 0 Å². The molecule has 9 heteroatoms. The Morgan fingerprint density at radius 2 is 1.92 bits per heavy atom. The number of amides is 4. The molecule has 2 aliphatic rings. The Morgan fingerprint density at radius 3 is 2.69 bits per heavy atom. The monoisotopic (exact) mass is 374 g/mol. The summed E-state index contributed by atoms with van der Waals surface area (Å²) in [4.78, 5) is 56.5. The van der Waals surface area contributed by atoms with E-state index in [0.717, 1.165) is 35.5 Å². The third-order valence-corrected chi connectivity index (χ3v) is 5.91. The average molecular weight is 374 g/mol. The number of hydrogen-bond acceptors (Lipinski definition) is 6. The quantitative estimate of drug-likeness (QED) is 0.601. The lowest BCUT2D eigenvalue weighted by Gasteiger charge is -2.34. The van der Waals surface area contributed by atoms with Crippen LogP contribution in [0.4, 0.5) is 4.79 Å². The first-order valence-electron chi connectivity index (χ1n) is 8.62. The minimum Gasteiger partial charge on any atom is -0.269 e. The lowest BCUT2D eigenvalue weighted by Crippen LogP contribution is -2.46. The van der Waals surface area contributed by atoms with E-state index in [1.807, 2.05) is 6.92 Å². The number of urea groups is 1. The number of imide groups is 2. The van der Waals surface area contributed by atoms with E-state index in [2.05, 4.69) is 4.98 Å². The van der Waals surface area contributed by atoms with Crippen molar-refractivity contribution in [2.45, 2.75) is 45.2 Å². The van der Waals surface area contributed by atoms with Crippen LogP contribution >= 0.6 is 11.3 Å². The van der Waals surface area contributed by atoms with Crippen LogP contribution in [0.1, 0.15) is 38.3 Å². The van der Waals surface area contributed by atoms with Gasteiger partial charge in [0.15, 0.2) is 4.96 Å². The van der Waals surface area contributed by atoms with Crippen molar-refractivity contribution in [1.29, 1.82) is 0 Å². The highest BCUT2D eigenvalue weighted by Gasteiger charge is 2.49. The molecule has 2 aromatic rings. The maximum Gasteiger partial charge on any atom is 0.334 e. The highest BCUT2D eigenvalue weighted by Crippen LogP contribution is 2.31. The summed E-state index contributed by atoms with van der Waals surface area (Å²) < 4.78 is 1.39. The molecule has 0 aromatic carbocycles. The van der Waals surface area contributed by atoms with Gasteiger partial charge in [-0.3, -0.25) is 23.7 Å². The zero-order valence-corrected chi connectivity index (χ0v) is 15.1. The predicted octanol–water partition coefficient (Wildman–Crippen LogP) is 1.63. The van der Waals surface area contributed by atoms with E-state index in [1.165, 1.54) is 21.8 Å². The highest BCUT2D eigenvalue weighted by atomic mass is 32.1. The van der Waals surface area contributed by atoms with E-state index >= 15 is 0 Å². The molecule has 2 atom stereocenters. The molecule has 0 N–H and O–H groups in total. The topological polar surface area (TPSA) is 92.1 Å². The molecule has 0 bridgehead atoms. The standard InChI is InChI=1S/C17H18N4O4S/c1-10-4-2-3-5-12(10)21-15(24)14(23)20(17(21)25)9-11-8-13(22)19-6-7-26-16(19)18-11/h6-8,10,12H,2-5,9H2,1H3/t10-,12-/m1/s1. The molecule has 136 valence electrons. The zero-order valence-electron chi connectivity index (χ0n) is 14.3. The normalized spacial score (nSPS) is 24.1. The summed E-state index contributed by atoms with van der Waals surface area (Å²) in [7, 11) is 0. The van der Waals surface area contributed by atoms with Crippen molar-refractivity contribution >= 4 is 34.1 Å². The van der Waals surface area contributed by atoms with Crippen LogP contribution in [0.3, 0.4) is 0 Å². The summed E-state index contributed by atoms with van der Waals surface area (Å²) in [5.74, 6) is -1.45. The molecule has 8 nitrogen and oxygen atoms in total. The van der Waals surface area contributed by atoms with Gasteiger partial charge in [-0.25, -0.2) is 14.7 Å². The Balaban J connectivity index is 1.62. The van der Waals surface area contributed by atoms with E-state index in [-0.39, 0.29) is 24.1 Å². The number of hydrogen-bond donors (Lipinski definition) is 0. The summed E-state index contributed by atoms with van der Waals surface area (Å²) >= 11 is 1.29. The zero-order chi connectivity index (χ0) is 18.4. The number of carbonyl (C=O) groups excluding carboxylic acids is 3. The van der Waals surface area contributed by atoms with Crippen molar-refractivity contribution in [1.82, 2.24) is 19.2 Å². The molecule has 1 saturated heterocycles. The van der Waals surface area contributed by atoms with Crippen molar-refractivity contribution in [3.05, 3.63) is 33.7 Å². The molecule has 1 saturated carbocycles. The lowest BCUT2D eigenvalue weighted by molar-refractivity contribution is -0.144. The van der Waals surface area contributed by atoms with Gasteiger partial charge in [0.25, 0.3) is 5.56 Å². The number of aromatic nitrogens is 2. The fourth-order valence-electron chi connectivity index (χ4n) is 3.77. The largest absolute Gasteiger partial charge is 0.334 e. The molecule has 1 aliphatic heterocycles. The van der Waals surface area contributed by atoms with Crippen LogP contribution in [0, 0.1) is 5.92 Å². The van der Waals surface area contributed by atoms with Gasteiger partial charge >= 0.3 is 17.8 Å². The SMILES string of the molecule is C[C@@H]1CCCC[C@H]1N1C(=O)C(=O)N(Cc2cc(=O)n3ccsc3n2)C1=O. The van der Waals surface area contributed by atoms with Crippen molar-refractivity contribution in [2.75, 3.05) is 0 Å². The Kier molecular flexibility index (Phi) is 4.10. The molecule has 26 heavy (non-hydrogen) atoms. The van der Waals surface area contributed by atoms with Gasteiger partial charge in [-0.05, 0) is 18.8 Å². The van der Waals surface area contributed by atoms with Gasteiger partial charge in [0.05, 0.1) is 12.2 Å². The molecule has 0 spiro atoms. The molecular weight excluding hydrogens is 356 g/mol. The number of carbonyl (C=O) groups is 3. The van der Waals surface area contributed by atoms with Gasteiger partial charge < -0.3 is 0 Å². The second-order valence-corrected chi connectivity index (χ2v) is 7.69. The minimum atomic E-state index is -0.846. The molecular formula is C17H18N4O4S. The van der Waals surface area contributed by atoms with Gasteiger partial charge in [0.2, 0.25) is 0 Å². The third kappa shape index (κ3) is 2.63. The number of rotatable bonds is 3. The van der Waals surface area contributed by atoms with Gasteiger partial charge in [-0.15, -0.1) is 11.3 Å². The summed E-state index contributed by atoms with van der Waals surface area (Å²) in [6, 6.07) is 0.444. The summed E-state index contributed by atoms with van der Waals surface area (Å²) in [5.41, 5.74) is 0.0138. The number of fused-ring (bicyclic) bond motifs is 1. The maximum atomic E-state index is 12.8. The first kappa shape index (κ1) is 16.9. The number of nitrogens with zero attached hydrogens (tertiary/aromatic N) is 4. The molecule has 3 heterocycles. The van der Waals surface area contributed by atoms with Gasteiger partial charge in [0, 0.05) is 23.7 Å². The van der Waals surface area contributed by atoms with Crippen LogP contribution in [0.25, 0.3) is 4.96 Å². The first-order chi connectivity index (χ1) is 12.5. The predicted molar refractivity (Wildman–Crippen MR) is 93.6 cm³/mol. The van der Waals surface area contributed by atoms with E-state index in [1.54, 1.807) is 11.6 Å². The van der Waals surface area contributed by atoms with Gasteiger partial charge in [0.1, 0.15) is 0 Å². The first-order valence-corrected chi connectivity index (χ1v) is 9.50. The van der Waals surface area contributed by atoms with E-state index in [0.29, 0.717) is 10.7 Å². The van der Waals surface area contributed by atoms with Crippen LogP contribution in [-0.2, 0) is 16.1 Å². The summed E-state index contributed by atoms with van der Waals surface area (Å²) in [5, 5.41) is 1.73. The molecule has 2 aromatic heterocycles. The molecule has 1 aliphatic carbocycles. The summed E-state index contributed by atoms with van der Waals surface area (Å²) in [6.45, 7) is 1.83. The van der Waals surface area contributed by atoms with Gasteiger partial charge in [-0.1, -0.05) is 19.8 Å². The van der Waals surface area contributed by atoms with Crippen molar-refractivity contribution in [3.63, 3.8) is 0 Å². The minimum absolute atomic E-state index is 0.176. The second kappa shape index (κ2) is 6.31. The fraction of sp³-hybridized carbons (Fsp3) is 0.471. The van der Waals surface area contributed by atoms with Crippen LogP contribution in [0.2, 0.25) is 0 Å². The van der Waals surface area contributed by atoms with Gasteiger partial charge in [-0.2, -0.15) is 0 Å². The Hall–Kier alpha value is -2.55. The smallest absolute Gasteiger partial charge is 0.269 e. The molecule has 4 amide bonds. The Morgan fingerprint density at radius 1 is 1.15 bits per heavy atom. The third-order valence-electron chi connectivity index (χ3n) is 5.16. The van der Waals surface area contributed by atoms with E-state index in [4.69, 9.17) is 0 Å². The van der Waals surface area contributed by atoms with Crippen molar-refractivity contribution in [3.8, 4) is 0 Å². The average Bonchev–Trinajstić information content (AvgIpc) is 3.16. The molecule has 4 rings (SSSR count). The van der Waals surface area contributed by atoms with E-state index in [9.17, 15) is 19.2 Å². The fourth-order valence-corrected chi connectivity index (χ4v) is 4.50.